The molecule has 1 atom stereocenters. The Morgan fingerprint density at radius 2 is 1.31 bits per heavy atom. The molecule has 0 saturated heterocycles. The molecular weight excluding hydrogens is 725 g/mol. The molecule has 13 heteroatoms. The molecule has 2 aliphatic carbocycles. The molecule has 0 radical (unpaired) electrons. The van der Waals surface area contributed by atoms with Crippen LogP contribution in [0, 0.1) is 17.8 Å². The van der Waals surface area contributed by atoms with Crippen molar-refractivity contribution in [2.45, 2.75) is 90.0 Å². The number of carboxylic acid groups (broad SMARTS) is 1. The number of carbonyl (C=O) groups is 3. The Balaban J connectivity index is 0.992. The molecule has 0 spiro atoms. The molecule has 3 heterocycles. The number of rotatable bonds is 10. The summed E-state index contributed by atoms with van der Waals surface area (Å²) in [6, 6.07) is 10.8. The molecular formula is C41H49Cl2N7O4. The predicted molar refractivity (Wildman–Crippen MR) is 211 cm³/mol. The van der Waals surface area contributed by atoms with Gasteiger partial charge in [-0.25, -0.2) is 9.97 Å². The van der Waals surface area contributed by atoms with Crippen LogP contribution in [-0.4, -0.2) is 48.5 Å². The van der Waals surface area contributed by atoms with Gasteiger partial charge >= 0.3 is 5.97 Å². The van der Waals surface area contributed by atoms with Gasteiger partial charge in [-0.3, -0.25) is 14.4 Å². The maximum atomic E-state index is 13.7. The van der Waals surface area contributed by atoms with Crippen molar-refractivity contribution >= 4 is 52.4 Å². The van der Waals surface area contributed by atoms with Crippen LogP contribution < -0.4 is 16.0 Å². The van der Waals surface area contributed by atoms with Crippen LogP contribution in [0.2, 0.25) is 10.0 Å². The Morgan fingerprint density at radius 1 is 0.759 bits per heavy atom. The number of halogens is 2. The lowest BCUT2D eigenvalue weighted by Crippen LogP contribution is -2.24. The van der Waals surface area contributed by atoms with Gasteiger partial charge < -0.3 is 30.2 Å². The summed E-state index contributed by atoms with van der Waals surface area (Å²) >= 11 is 13.9. The molecule has 2 amide bonds. The molecule has 2 aromatic carbocycles. The van der Waals surface area contributed by atoms with Gasteiger partial charge in [0, 0.05) is 56.1 Å². The van der Waals surface area contributed by atoms with Crippen molar-refractivity contribution in [2.24, 2.45) is 31.8 Å². The Kier molecular flexibility index (Phi) is 11.8. The second-order valence-corrected chi connectivity index (χ2v) is 16.0. The van der Waals surface area contributed by atoms with Gasteiger partial charge in [0.25, 0.3) is 11.8 Å². The molecule has 2 aromatic heterocycles. The second kappa shape index (κ2) is 16.7. The van der Waals surface area contributed by atoms with E-state index in [1.54, 1.807) is 18.2 Å². The monoisotopic (exact) mass is 773 g/mol. The van der Waals surface area contributed by atoms with Crippen LogP contribution in [0.1, 0.15) is 108 Å². The number of benzene rings is 2. The molecule has 1 unspecified atom stereocenters. The average Bonchev–Trinajstić information content (AvgIpc) is 3.66. The molecule has 3 aliphatic rings. The number of hydrogen-bond donors (Lipinski definition) is 4. The van der Waals surface area contributed by atoms with Crippen molar-refractivity contribution in [3.63, 3.8) is 0 Å². The van der Waals surface area contributed by atoms with E-state index in [-0.39, 0.29) is 17.7 Å². The summed E-state index contributed by atoms with van der Waals surface area (Å²) in [4.78, 5) is 47.8. The third kappa shape index (κ3) is 8.09. The Hall–Kier alpha value is -4.19. The number of carbonyl (C=O) groups excluding carboxylic acids is 2. The van der Waals surface area contributed by atoms with Crippen LogP contribution in [-0.2, 0) is 44.7 Å². The van der Waals surface area contributed by atoms with Crippen LogP contribution in [0.25, 0.3) is 11.1 Å². The van der Waals surface area contributed by atoms with E-state index >= 15 is 0 Å². The lowest BCUT2D eigenvalue weighted by Gasteiger charge is -2.27. The first-order valence-electron chi connectivity index (χ1n) is 19.3. The minimum atomic E-state index is -0.638. The fourth-order valence-corrected chi connectivity index (χ4v) is 9.27. The van der Waals surface area contributed by atoms with E-state index in [0.717, 1.165) is 93.5 Å². The molecule has 1 aliphatic heterocycles. The number of aryl methyl sites for hydroxylation is 1. The van der Waals surface area contributed by atoms with Crippen molar-refractivity contribution in [3.05, 3.63) is 80.9 Å². The minimum Gasteiger partial charge on any atom is -0.481 e. The standard InChI is InChI=1S/C41H49Cl2N7O4/c1-49-33-20-17-24(7-3-8-25-15-18-26(19-16-25)41(53)54)9-4-12-29(33)45-37(49)39(51)47-30-13-5-10-27(35(30)42)28-11-6-14-31(36(28)43)48-40(52)38-46-32-23-44-22-21-34(32)50(38)2/h5-6,10-11,13-14,24-26,44H,3-4,7-9,12,15-23H2,1-2H3,(H,47,51)(H,48,52)(H,53,54). The zero-order valence-electron chi connectivity index (χ0n) is 31.0. The van der Waals surface area contributed by atoms with Crippen molar-refractivity contribution in [1.29, 1.82) is 0 Å². The Bertz CT molecular complexity index is 2050. The van der Waals surface area contributed by atoms with Crippen LogP contribution in [0.5, 0.6) is 0 Å². The molecule has 7 rings (SSSR count). The molecule has 4 N–H and O–H groups in total. The van der Waals surface area contributed by atoms with Crippen molar-refractivity contribution in [2.75, 3.05) is 17.2 Å². The fraction of sp³-hybridized carbons (Fsp3) is 0.488. The van der Waals surface area contributed by atoms with Gasteiger partial charge in [-0.2, -0.15) is 0 Å². The van der Waals surface area contributed by atoms with Crippen LogP contribution in [0.15, 0.2) is 36.4 Å². The Labute approximate surface area is 326 Å². The third-order valence-electron chi connectivity index (χ3n) is 11.9. The number of nitrogens with zero attached hydrogens (tertiary/aromatic N) is 4. The van der Waals surface area contributed by atoms with E-state index in [4.69, 9.17) is 28.2 Å². The number of fused-ring (bicyclic) bond motifs is 2. The fourth-order valence-electron chi connectivity index (χ4n) is 8.72. The smallest absolute Gasteiger partial charge is 0.306 e. The summed E-state index contributed by atoms with van der Waals surface area (Å²) < 4.78 is 3.77. The number of aliphatic carboxylic acids is 1. The average molecular weight is 775 g/mol. The first-order chi connectivity index (χ1) is 26.1. The lowest BCUT2D eigenvalue weighted by atomic mass is 9.79. The summed E-state index contributed by atoms with van der Waals surface area (Å²) in [6.45, 7) is 1.47. The predicted octanol–water partition coefficient (Wildman–Crippen LogP) is 8.22. The normalized spacial score (nSPS) is 20.0. The van der Waals surface area contributed by atoms with Crippen molar-refractivity contribution < 1.29 is 19.5 Å². The van der Waals surface area contributed by atoms with Gasteiger partial charge in [0.05, 0.1) is 38.7 Å². The molecule has 54 heavy (non-hydrogen) atoms. The van der Waals surface area contributed by atoms with Gasteiger partial charge in [-0.05, 0) is 75.3 Å². The maximum Gasteiger partial charge on any atom is 0.306 e. The van der Waals surface area contributed by atoms with Gasteiger partial charge in [0.1, 0.15) is 0 Å². The second-order valence-electron chi connectivity index (χ2n) is 15.2. The largest absolute Gasteiger partial charge is 0.481 e. The third-order valence-corrected chi connectivity index (χ3v) is 12.7. The molecule has 0 bridgehead atoms. The van der Waals surface area contributed by atoms with E-state index in [2.05, 4.69) is 20.9 Å². The van der Waals surface area contributed by atoms with Crippen molar-refractivity contribution in [3.8, 4) is 11.1 Å². The summed E-state index contributed by atoms with van der Waals surface area (Å²) in [7, 11) is 3.77. The number of anilines is 2. The minimum absolute atomic E-state index is 0.153. The number of hydrogen-bond acceptors (Lipinski definition) is 6. The number of aromatic nitrogens is 4. The Morgan fingerprint density at radius 3 is 1.89 bits per heavy atom. The molecule has 4 aromatic rings. The highest BCUT2D eigenvalue weighted by molar-refractivity contribution is 6.40. The lowest BCUT2D eigenvalue weighted by molar-refractivity contribution is -0.143. The highest BCUT2D eigenvalue weighted by Crippen LogP contribution is 2.41. The number of carboxylic acids is 1. The van der Waals surface area contributed by atoms with Crippen molar-refractivity contribution in [1.82, 2.24) is 24.4 Å². The highest BCUT2D eigenvalue weighted by atomic mass is 35.5. The molecule has 11 nitrogen and oxygen atoms in total. The summed E-state index contributed by atoms with van der Waals surface area (Å²) in [6.07, 6.45) is 13.0. The zero-order valence-corrected chi connectivity index (χ0v) is 32.5. The van der Waals surface area contributed by atoms with E-state index in [9.17, 15) is 19.5 Å². The van der Waals surface area contributed by atoms with E-state index in [0.29, 0.717) is 62.6 Å². The van der Waals surface area contributed by atoms with E-state index in [1.807, 2.05) is 41.4 Å². The van der Waals surface area contributed by atoms with Gasteiger partial charge in [-0.15, -0.1) is 0 Å². The molecule has 1 fully saturated rings. The van der Waals surface area contributed by atoms with Crippen LogP contribution >= 0.6 is 23.2 Å². The van der Waals surface area contributed by atoms with E-state index in [1.165, 1.54) is 19.3 Å². The first-order valence-corrected chi connectivity index (χ1v) is 20.1. The van der Waals surface area contributed by atoms with Crippen LogP contribution in [0.3, 0.4) is 0 Å². The molecule has 286 valence electrons. The van der Waals surface area contributed by atoms with Gasteiger partial charge in [0.15, 0.2) is 11.6 Å². The number of nitrogens with one attached hydrogen (secondary N) is 3. The van der Waals surface area contributed by atoms with Gasteiger partial charge in [0.2, 0.25) is 0 Å². The van der Waals surface area contributed by atoms with Gasteiger partial charge in [-0.1, -0.05) is 73.2 Å². The summed E-state index contributed by atoms with van der Waals surface area (Å²) in [5.74, 6) is 0.484. The first kappa shape index (κ1) is 38.1. The maximum absolute atomic E-state index is 13.7. The highest BCUT2D eigenvalue weighted by Gasteiger charge is 2.28. The topological polar surface area (TPSA) is 143 Å². The zero-order chi connectivity index (χ0) is 37.9. The number of imidazole rings is 2. The SMILES string of the molecule is Cn1c(C(=O)Nc2cccc(-c3cccc(NC(=O)c4nc5c(n4C)CCNC5)c3Cl)c2Cl)nc2c1CCC(CCCC1CCC(C(=O)O)CC1)CCC2. The van der Waals surface area contributed by atoms with Crippen LogP contribution in [0.4, 0.5) is 11.4 Å². The summed E-state index contributed by atoms with van der Waals surface area (Å²) in [5.41, 5.74) is 6.11. The van der Waals surface area contributed by atoms with E-state index < -0.39 is 5.97 Å². The summed E-state index contributed by atoms with van der Waals surface area (Å²) in [5, 5.41) is 19.2. The quantitative estimate of drug-likeness (QED) is 0.127. The molecule has 1 saturated carbocycles. The number of amides is 2.